The maximum Gasteiger partial charge on any atom is 0.383 e. The minimum absolute atomic E-state index is 0.291. The Morgan fingerprint density at radius 3 is 1.48 bits per heavy atom. The van der Waals surface area contributed by atoms with Crippen molar-refractivity contribution in [2.24, 2.45) is 0 Å². The molecule has 6 nitrogen and oxygen atoms in total. The summed E-state index contributed by atoms with van der Waals surface area (Å²) in [7, 11) is 3.61. The number of aryl methyl sites for hydroxylation is 2. The second-order valence-corrected chi connectivity index (χ2v) is 4.15. The molecule has 0 saturated heterocycles. The molecule has 0 saturated carbocycles. The Morgan fingerprint density at radius 1 is 0.862 bits per heavy atom. The summed E-state index contributed by atoms with van der Waals surface area (Å²) in [6.07, 6.45) is 4.56. The molecule has 0 amide bonds. The average Bonchev–Trinajstić information content (AvgIpc) is 3.20. The molecule has 0 unspecified atom stereocenters. The molecule has 0 atom stereocenters. The number of hydrogen-bond donors (Lipinski definition) is 1. The molecule has 0 aliphatic rings. The molecule has 0 fully saturated rings. The van der Waals surface area contributed by atoms with Crippen LogP contribution >= 0.6 is 0 Å². The number of hydrogen-bond acceptors (Lipinski definition) is 6. The molecule has 1 N–H and O–H groups in total. The van der Waals surface area contributed by atoms with Crippen LogP contribution in [0.1, 0.15) is 49.6 Å². The topological polar surface area (TPSA) is 86.0 Å². The van der Waals surface area contributed by atoms with Gasteiger partial charge in [-0.25, -0.2) is 9.59 Å². The van der Waals surface area contributed by atoms with Crippen molar-refractivity contribution in [2.75, 3.05) is 21.3 Å². The van der Waals surface area contributed by atoms with E-state index < -0.39 is 5.97 Å². The van der Waals surface area contributed by atoms with Gasteiger partial charge in [0, 0.05) is 13.0 Å². The van der Waals surface area contributed by atoms with Crippen LogP contribution in [0.3, 0.4) is 0 Å². The monoisotopic (exact) mass is 408 g/mol. The largest absolute Gasteiger partial charge is 0.467 e. The van der Waals surface area contributed by atoms with Crippen LogP contribution in [0.4, 0.5) is 0 Å². The van der Waals surface area contributed by atoms with Crippen LogP contribution < -0.4 is 0 Å². The molecule has 1 aromatic heterocycles. The summed E-state index contributed by atoms with van der Waals surface area (Å²) in [5.74, 6) is 2.80. The van der Waals surface area contributed by atoms with Gasteiger partial charge < -0.3 is 19.0 Å². The maximum atomic E-state index is 10.8. The number of carbonyl (C=O) groups is 2. The lowest BCUT2D eigenvalue weighted by atomic mass is 10.2. The first kappa shape index (κ1) is 33.5. The Kier molecular flexibility index (Phi) is 31.4. The van der Waals surface area contributed by atoms with Gasteiger partial charge in [0.2, 0.25) is 0 Å². The van der Waals surface area contributed by atoms with Gasteiger partial charge in [-0.05, 0) is 38.1 Å². The molecule has 29 heavy (non-hydrogen) atoms. The zero-order chi connectivity index (χ0) is 23.7. The first-order chi connectivity index (χ1) is 13.9. The second-order valence-electron chi connectivity index (χ2n) is 4.15. The number of carbonyl (C=O) groups excluding carboxylic acids is 2. The quantitative estimate of drug-likeness (QED) is 0.413. The van der Waals surface area contributed by atoms with Crippen molar-refractivity contribution in [2.45, 2.75) is 41.5 Å². The fraction of sp³-hybridized carbons (Fsp3) is 0.391. The highest BCUT2D eigenvalue weighted by Crippen LogP contribution is 2.02. The Balaban J connectivity index is -0.000000147. The van der Waals surface area contributed by atoms with Gasteiger partial charge in [-0.2, -0.15) is 0 Å². The highest BCUT2D eigenvalue weighted by Gasteiger charge is 2.00. The molecule has 0 aliphatic carbocycles. The van der Waals surface area contributed by atoms with Gasteiger partial charge in [-0.3, -0.25) is 0 Å². The summed E-state index contributed by atoms with van der Waals surface area (Å²) in [6, 6.07) is 12.8. The number of benzene rings is 1. The lowest BCUT2D eigenvalue weighted by molar-refractivity contribution is -0.133. The number of furan rings is 1. The molecule has 164 valence electrons. The van der Waals surface area contributed by atoms with Crippen molar-refractivity contribution in [1.82, 2.24) is 0 Å². The number of aliphatic hydroxyl groups is 1. The Labute approximate surface area is 175 Å². The molecule has 1 aromatic carbocycles. The lowest BCUT2D eigenvalue weighted by Crippen LogP contribution is -1.99. The number of aliphatic hydroxyl groups excluding tert-OH is 1. The Morgan fingerprint density at radius 2 is 1.28 bits per heavy atom. The van der Waals surface area contributed by atoms with Gasteiger partial charge in [-0.15, -0.1) is 6.42 Å². The van der Waals surface area contributed by atoms with E-state index in [4.69, 9.17) is 9.52 Å². The van der Waals surface area contributed by atoms with Gasteiger partial charge >= 0.3 is 11.9 Å². The summed E-state index contributed by atoms with van der Waals surface area (Å²) in [5, 5.41) is 7.00. The molecule has 2 rings (SSSR count). The van der Waals surface area contributed by atoms with E-state index in [0.29, 0.717) is 5.56 Å². The molecule has 1 heterocycles. The fourth-order valence-electron chi connectivity index (χ4n) is 1.31. The highest BCUT2D eigenvalue weighted by molar-refractivity contribution is 5.89. The summed E-state index contributed by atoms with van der Waals surface area (Å²) < 4.78 is 13.6. The van der Waals surface area contributed by atoms with Crippen molar-refractivity contribution < 1.29 is 28.6 Å². The van der Waals surface area contributed by atoms with Crippen molar-refractivity contribution in [1.29, 1.82) is 0 Å². The molecule has 0 radical (unpaired) electrons. The number of terminal acetylenes is 1. The van der Waals surface area contributed by atoms with Crippen LogP contribution in [0.5, 0.6) is 0 Å². The third-order valence-corrected chi connectivity index (χ3v) is 2.37. The minimum Gasteiger partial charge on any atom is -0.467 e. The van der Waals surface area contributed by atoms with Crippen LogP contribution in [0.2, 0.25) is 0 Å². The predicted molar refractivity (Wildman–Crippen MR) is 118 cm³/mol. The smallest absolute Gasteiger partial charge is 0.383 e. The van der Waals surface area contributed by atoms with Gasteiger partial charge in [0.25, 0.3) is 0 Å². The normalized spacial score (nSPS) is 7.21. The van der Waals surface area contributed by atoms with Crippen LogP contribution in [-0.4, -0.2) is 38.4 Å². The summed E-state index contributed by atoms with van der Waals surface area (Å²) in [4.78, 5) is 20.5. The molecule has 0 spiro atoms. The first-order valence-corrected chi connectivity index (χ1v) is 9.10. The van der Waals surface area contributed by atoms with Gasteiger partial charge in [-0.1, -0.05) is 45.9 Å². The van der Waals surface area contributed by atoms with Crippen molar-refractivity contribution in [3.8, 4) is 12.3 Å². The molecular weight excluding hydrogens is 372 g/mol. The van der Waals surface area contributed by atoms with Crippen molar-refractivity contribution in [3.63, 3.8) is 0 Å². The molecule has 0 bridgehead atoms. The molecule has 6 heteroatoms. The van der Waals surface area contributed by atoms with E-state index in [1.54, 1.807) is 30.2 Å². The van der Waals surface area contributed by atoms with E-state index >= 15 is 0 Å². The number of esters is 2. The predicted octanol–water partition coefficient (Wildman–Crippen LogP) is 4.82. The molecular formula is C23H36O6. The highest BCUT2D eigenvalue weighted by atomic mass is 16.5. The van der Waals surface area contributed by atoms with E-state index in [2.05, 4.69) is 15.9 Å². The zero-order valence-electron chi connectivity index (χ0n) is 19.1. The standard InChI is InChI=1S/C8H8O2.C6H8O.C4H4O2.2C2H6.CH4O/c1-10-8(9)7-5-3-2-4-6-7;1-5-3-4-6(2)7-5;1-3-4(5)6-2;3*1-2/h2-6H,1H3;3-4H,1-2H3;1H,2H3;2*1-2H3;2H,1H3. The number of rotatable bonds is 1. The summed E-state index contributed by atoms with van der Waals surface area (Å²) in [5.41, 5.74) is 0.588. The Bertz CT molecular complexity index is 622. The number of ether oxygens (including phenoxy) is 2. The van der Waals surface area contributed by atoms with Crippen LogP contribution in [0, 0.1) is 26.2 Å². The SMILES string of the molecule is C#CC(=O)OC.CC.CC.CO.COC(=O)c1ccccc1.Cc1ccc(C)o1. The number of methoxy groups -OCH3 is 2. The fourth-order valence-corrected chi connectivity index (χ4v) is 1.31. The third-order valence-electron chi connectivity index (χ3n) is 2.37. The lowest BCUT2D eigenvalue weighted by Gasteiger charge is -1.95. The van der Waals surface area contributed by atoms with E-state index in [0.717, 1.165) is 18.6 Å². The second kappa shape index (κ2) is 27.2. The van der Waals surface area contributed by atoms with E-state index in [9.17, 15) is 9.59 Å². The maximum absolute atomic E-state index is 10.8. The van der Waals surface area contributed by atoms with Crippen LogP contribution in [0.25, 0.3) is 0 Å². The average molecular weight is 409 g/mol. The van der Waals surface area contributed by atoms with Crippen molar-refractivity contribution >= 4 is 11.9 Å². The van der Waals surface area contributed by atoms with E-state index in [1.165, 1.54) is 14.2 Å². The first-order valence-electron chi connectivity index (χ1n) is 9.10. The van der Waals surface area contributed by atoms with Gasteiger partial charge in [0.05, 0.1) is 19.8 Å². The van der Waals surface area contributed by atoms with E-state index in [1.807, 2.05) is 59.7 Å². The van der Waals surface area contributed by atoms with Crippen LogP contribution in [0.15, 0.2) is 46.9 Å². The van der Waals surface area contributed by atoms with Crippen molar-refractivity contribution in [3.05, 3.63) is 59.5 Å². The summed E-state index contributed by atoms with van der Waals surface area (Å²) >= 11 is 0. The third kappa shape index (κ3) is 22.9. The van der Waals surface area contributed by atoms with Crippen LogP contribution in [-0.2, 0) is 14.3 Å². The minimum atomic E-state index is -0.630. The Hall–Kier alpha value is -3.04. The molecule has 0 aliphatic heterocycles. The van der Waals surface area contributed by atoms with Gasteiger partial charge in [0.1, 0.15) is 11.5 Å². The van der Waals surface area contributed by atoms with E-state index in [-0.39, 0.29) is 5.97 Å². The molecule has 2 aromatic rings. The zero-order valence-corrected chi connectivity index (χ0v) is 19.1. The van der Waals surface area contributed by atoms with Gasteiger partial charge in [0.15, 0.2) is 0 Å². The summed E-state index contributed by atoms with van der Waals surface area (Å²) in [6.45, 7) is 11.9.